The molecule has 17 heavy (non-hydrogen) atoms. The van der Waals surface area contributed by atoms with Crippen LogP contribution < -0.4 is 5.32 Å². The molecule has 0 aromatic heterocycles. The predicted octanol–water partition coefficient (Wildman–Crippen LogP) is 0.374. The van der Waals surface area contributed by atoms with Gasteiger partial charge in [-0.05, 0) is 40.5 Å². The molecule has 4 nitrogen and oxygen atoms in total. The lowest BCUT2D eigenvalue weighted by Crippen LogP contribution is -2.88. The molecular weight excluding hydrogens is 216 g/mol. The van der Waals surface area contributed by atoms with Crippen molar-refractivity contribution >= 4 is 5.91 Å². The van der Waals surface area contributed by atoms with E-state index < -0.39 is 0 Å². The van der Waals surface area contributed by atoms with Gasteiger partial charge in [0.25, 0.3) is 5.91 Å². The highest BCUT2D eigenvalue weighted by Crippen LogP contribution is 2.09. The highest BCUT2D eigenvalue weighted by molar-refractivity contribution is 5.77. The van der Waals surface area contributed by atoms with Crippen LogP contribution in [0.15, 0.2) is 0 Å². The quantitative estimate of drug-likeness (QED) is 0.733. The van der Waals surface area contributed by atoms with Gasteiger partial charge in [-0.2, -0.15) is 0 Å². The Morgan fingerprint density at radius 3 is 2.47 bits per heavy atom. The molecule has 0 unspecified atom stereocenters. The molecule has 0 aliphatic carbocycles. The van der Waals surface area contributed by atoms with E-state index in [1.165, 1.54) is 0 Å². The molecule has 0 bridgehead atoms. The summed E-state index contributed by atoms with van der Waals surface area (Å²) < 4.78 is 5.53. The number of quaternary nitrogens is 1. The predicted molar refractivity (Wildman–Crippen MR) is 67.8 cm³/mol. The van der Waals surface area contributed by atoms with Crippen molar-refractivity contribution in [3.8, 4) is 0 Å². The molecular formula is C13H27N2O2+. The van der Waals surface area contributed by atoms with Crippen LogP contribution in [0, 0.1) is 0 Å². The van der Waals surface area contributed by atoms with Crippen molar-refractivity contribution in [2.24, 2.45) is 0 Å². The van der Waals surface area contributed by atoms with Gasteiger partial charge in [-0.3, -0.25) is 4.79 Å². The van der Waals surface area contributed by atoms with Crippen LogP contribution in [0.4, 0.5) is 0 Å². The molecule has 1 aliphatic heterocycles. The van der Waals surface area contributed by atoms with Crippen molar-refractivity contribution in [3.05, 3.63) is 0 Å². The summed E-state index contributed by atoms with van der Waals surface area (Å²) in [6.07, 6.45) is 2.66. The fraction of sp³-hybridized carbons (Fsp3) is 0.923. The van der Waals surface area contributed by atoms with Crippen LogP contribution in [0.1, 0.15) is 40.5 Å². The number of carbonyl (C=O) groups is 1. The van der Waals surface area contributed by atoms with Gasteiger partial charge >= 0.3 is 0 Å². The molecule has 0 aromatic rings. The zero-order valence-corrected chi connectivity index (χ0v) is 11.6. The molecule has 1 amide bonds. The summed E-state index contributed by atoms with van der Waals surface area (Å²) in [5.41, 5.74) is 0. The van der Waals surface area contributed by atoms with Gasteiger partial charge in [0.15, 0.2) is 6.54 Å². The first-order valence-corrected chi connectivity index (χ1v) is 6.76. The Balaban J connectivity index is 2.26. The van der Waals surface area contributed by atoms with E-state index in [0.29, 0.717) is 12.6 Å². The fourth-order valence-corrected chi connectivity index (χ4v) is 2.50. The summed E-state index contributed by atoms with van der Waals surface area (Å²) in [5, 5.41) is 2.08. The van der Waals surface area contributed by atoms with Crippen LogP contribution in [-0.4, -0.2) is 48.7 Å². The molecule has 1 heterocycles. The number of ether oxygens (including phenoxy) is 1. The maximum Gasteiger partial charge on any atom is 0.278 e. The largest absolute Gasteiger partial charge is 0.372 e. The van der Waals surface area contributed by atoms with Crippen molar-refractivity contribution in [1.29, 1.82) is 0 Å². The molecule has 0 spiro atoms. The standard InChI is InChI=1S/C13H26N2O2/c1-10(2)15(11(3)4)13(16)9-14-8-12-6-5-7-17-12/h10-12,14H,5-9H2,1-4H3/p+1/t12-/m0/s1. The summed E-state index contributed by atoms with van der Waals surface area (Å²) in [6.45, 7) is 10.6. The lowest BCUT2D eigenvalue weighted by molar-refractivity contribution is -0.650. The second-order valence-corrected chi connectivity index (χ2v) is 5.35. The van der Waals surface area contributed by atoms with Crippen LogP contribution in [0.2, 0.25) is 0 Å². The van der Waals surface area contributed by atoms with E-state index in [2.05, 4.69) is 33.0 Å². The highest BCUT2D eigenvalue weighted by Gasteiger charge is 2.22. The van der Waals surface area contributed by atoms with Gasteiger partial charge in [0.05, 0.1) is 0 Å². The van der Waals surface area contributed by atoms with Gasteiger partial charge in [-0.25, -0.2) is 0 Å². The topological polar surface area (TPSA) is 46.2 Å². The lowest BCUT2D eigenvalue weighted by Gasteiger charge is -2.30. The van der Waals surface area contributed by atoms with Gasteiger partial charge in [-0.1, -0.05) is 0 Å². The lowest BCUT2D eigenvalue weighted by atomic mass is 10.2. The summed E-state index contributed by atoms with van der Waals surface area (Å²) in [6, 6.07) is 0.553. The van der Waals surface area contributed by atoms with Crippen molar-refractivity contribution in [3.63, 3.8) is 0 Å². The normalized spacial score (nSPS) is 20.2. The van der Waals surface area contributed by atoms with E-state index in [1.54, 1.807) is 0 Å². The summed E-state index contributed by atoms with van der Waals surface area (Å²) in [5.74, 6) is 0.230. The molecule has 1 rings (SSSR count). The number of amides is 1. The van der Waals surface area contributed by atoms with Crippen LogP contribution >= 0.6 is 0 Å². The van der Waals surface area contributed by atoms with Gasteiger partial charge in [0, 0.05) is 18.7 Å². The van der Waals surface area contributed by atoms with Crippen LogP contribution in [0.5, 0.6) is 0 Å². The molecule has 1 aliphatic rings. The molecule has 1 fully saturated rings. The average Bonchev–Trinajstić information content (AvgIpc) is 2.69. The number of rotatable bonds is 6. The maximum absolute atomic E-state index is 12.1. The minimum Gasteiger partial charge on any atom is -0.372 e. The first kappa shape index (κ1) is 14.5. The number of hydrogen-bond acceptors (Lipinski definition) is 2. The minimum atomic E-state index is 0.230. The highest BCUT2D eigenvalue weighted by atomic mass is 16.5. The molecule has 100 valence electrons. The second kappa shape index (κ2) is 6.97. The summed E-state index contributed by atoms with van der Waals surface area (Å²) in [4.78, 5) is 14.0. The maximum atomic E-state index is 12.1. The first-order chi connectivity index (χ1) is 8.02. The Hall–Kier alpha value is -0.610. The molecule has 0 aromatic carbocycles. The monoisotopic (exact) mass is 243 g/mol. The van der Waals surface area contributed by atoms with Gasteiger partial charge < -0.3 is 15.0 Å². The third-order valence-corrected chi connectivity index (χ3v) is 3.17. The summed E-state index contributed by atoms with van der Waals surface area (Å²) >= 11 is 0. The van der Waals surface area contributed by atoms with Crippen LogP contribution in [0.25, 0.3) is 0 Å². The van der Waals surface area contributed by atoms with Crippen molar-refractivity contribution < 1.29 is 14.8 Å². The molecule has 2 N–H and O–H groups in total. The Morgan fingerprint density at radius 1 is 1.35 bits per heavy atom. The average molecular weight is 243 g/mol. The smallest absolute Gasteiger partial charge is 0.278 e. The summed E-state index contributed by atoms with van der Waals surface area (Å²) in [7, 11) is 0. The van der Waals surface area contributed by atoms with E-state index in [9.17, 15) is 4.79 Å². The van der Waals surface area contributed by atoms with Crippen molar-refractivity contribution in [2.75, 3.05) is 19.7 Å². The Kier molecular flexibility index (Phi) is 5.92. The SMILES string of the molecule is CC(C)N(C(=O)C[NH2+]C[C@@H]1CCCO1)C(C)C. The Bertz CT molecular complexity index is 228. The van der Waals surface area contributed by atoms with E-state index in [0.717, 1.165) is 26.0 Å². The van der Waals surface area contributed by atoms with Crippen LogP contribution in [-0.2, 0) is 9.53 Å². The van der Waals surface area contributed by atoms with E-state index in [4.69, 9.17) is 4.74 Å². The Morgan fingerprint density at radius 2 is 2.00 bits per heavy atom. The number of carbonyl (C=O) groups excluding carboxylic acids is 1. The third kappa shape index (κ3) is 4.64. The minimum absolute atomic E-state index is 0.230. The van der Waals surface area contributed by atoms with Gasteiger partial charge in [-0.15, -0.1) is 0 Å². The first-order valence-electron chi connectivity index (χ1n) is 6.76. The number of nitrogens with zero attached hydrogens (tertiary/aromatic N) is 1. The number of hydrogen-bond donors (Lipinski definition) is 1. The van der Waals surface area contributed by atoms with Gasteiger partial charge in [0.1, 0.15) is 12.6 Å². The van der Waals surface area contributed by atoms with E-state index >= 15 is 0 Å². The third-order valence-electron chi connectivity index (χ3n) is 3.17. The second-order valence-electron chi connectivity index (χ2n) is 5.35. The molecule has 4 heteroatoms. The van der Waals surface area contributed by atoms with Crippen molar-refractivity contribution in [2.45, 2.75) is 58.7 Å². The van der Waals surface area contributed by atoms with E-state index in [1.807, 2.05) is 4.90 Å². The zero-order valence-electron chi connectivity index (χ0n) is 11.6. The van der Waals surface area contributed by atoms with Crippen LogP contribution in [0.3, 0.4) is 0 Å². The van der Waals surface area contributed by atoms with Gasteiger partial charge in [0.2, 0.25) is 0 Å². The number of nitrogens with two attached hydrogens (primary N) is 1. The molecule has 0 saturated carbocycles. The fourth-order valence-electron chi connectivity index (χ4n) is 2.50. The molecule has 0 radical (unpaired) electrons. The zero-order chi connectivity index (χ0) is 12.8. The van der Waals surface area contributed by atoms with E-state index in [-0.39, 0.29) is 18.0 Å². The molecule has 1 saturated heterocycles. The Labute approximate surface area is 105 Å². The van der Waals surface area contributed by atoms with Crippen molar-refractivity contribution in [1.82, 2.24) is 4.90 Å². The molecule has 1 atom stereocenters.